The summed E-state index contributed by atoms with van der Waals surface area (Å²) in [6, 6.07) is 18.1. The van der Waals surface area contributed by atoms with Crippen molar-refractivity contribution < 1.29 is 9.84 Å². The number of hydrogen-bond acceptors (Lipinski definition) is 4. The van der Waals surface area contributed by atoms with Gasteiger partial charge in [0.15, 0.2) is 0 Å². The third-order valence-electron chi connectivity index (χ3n) is 4.24. The molecule has 4 nitrogen and oxygen atoms in total. The average Bonchev–Trinajstić information content (AvgIpc) is 2.55. The summed E-state index contributed by atoms with van der Waals surface area (Å²) in [4.78, 5) is 0. The van der Waals surface area contributed by atoms with Gasteiger partial charge in [0, 0.05) is 12.0 Å². The molecule has 22 heavy (non-hydrogen) atoms. The summed E-state index contributed by atoms with van der Waals surface area (Å²) >= 11 is 0. The first-order valence-electron chi connectivity index (χ1n) is 7.27. The van der Waals surface area contributed by atoms with Crippen molar-refractivity contribution in [1.29, 1.82) is 5.26 Å². The third-order valence-corrected chi connectivity index (χ3v) is 4.24. The van der Waals surface area contributed by atoms with Crippen molar-refractivity contribution in [3.05, 3.63) is 54.1 Å². The summed E-state index contributed by atoms with van der Waals surface area (Å²) < 4.78 is 5.16. The normalized spacial score (nSPS) is 23.4. The van der Waals surface area contributed by atoms with Crippen molar-refractivity contribution in [2.45, 2.75) is 18.0 Å². The Hall–Kier alpha value is -2.35. The standard InChI is InChI=1S/C18H18N2O2/c1-22-15-8-6-13(7-9-15)12-2-4-14(5-3-12)18-16(10-19)20-17(18)11-21/h2-9,16-18,20-21H,11H2,1H3/t16-,17-,18-/m1/s1. The van der Waals surface area contributed by atoms with Gasteiger partial charge in [-0.15, -0.1) is 0 Å². The highest BCUT2D eigenvalue weighted by Gasteiger charge is 2.41. The van der Waals surface area contributed by atoms with E-state index in [0.29, 0.717) is 0 Å². The van der Waals surface area contributed by atoms with E-state index in [1.165, 1.54) is 0 Å². The third kappa shape index (κ3) is 2.57. The smallest absolute Gasteiger partial charge is 0.118 e. The Morgan fingerprint density at radius 3 is 2.18 bits per heavy atom. The number of hydrogen-bond donors (Lipinski definition) is 2. The first kappa shape index (κ1) is 14.6. The van der Waals surface area contributed by atoms with Crippen LogP contribution in [-0.2, 0) is 0 Å². The Labute approximate surface area is 130 Å². The van der Waals surface area contributed by atoms with E-state index >= 15 is 0 Å². The summed E-state index contributed by atoms with van der Waals surface area (Å²) in [6.07, 6.45) is 0. The second-order valence-corrected chi connectivity index (χ2v) is 5.44. The number of ether oxygens (including phenoxy) is 1. The van der Waals surface area contributed by atoms with Crippen LogP contribution in [0.4, 0.5) is 0 Å². The number of rotatable bonds is 4. The van der Waals surface area contributed by atoms with Gasteiger partial charge in [-0.2, -0.15) is 5.26 Å². The first-order chi connectivity index (χ1) is 10.8. The minimum atomic E-state index is -0.219. The highest BCUT2D eigenvalue weighted by molar-refractivity contribution is 5.64. The Balaban J connectivity index is 1.81. The number of nitrogens with zero attached hydrogens (tertiary/aromatic N) is 1. The number of methoxy groups -OCH3 is 1. The maximum Gasteiger partial charge on any atom is 0.118 e. The van der Waals surface area contributed by atoms with Gasteiger partial charge in [-0.3, -0.25) is 5.32 Å². The lowest BCUT2D eigenvalue weighted by Crippen LogP contribution is -2.60. The molecule has 0 aromatic heterocycles. The van der Waals surface area contributed by atoms with E-state index in [2.05, 4.69) is 23.5 Å². The van der Waals surface area contributed by atoms with Crippen molar-refractivity contribution in [3.63, 3.8) is 0 Å². The van der Waals surface area contributed by atoms with Gasteiger partial charge in [0.25, 0.3) is 0 Å². The van der Waals surface area contributed by atoms with Crippen LogP contribution in [0.2, 0.25) is 0 Å². The van der Waals surface area contributed by atoms with Gasteiger partial charge < -0.3 is 9.84 Å². The predicted molar refractivity (Wildman–Crippen MR) is 84.6 cm³/mol. The lowest BCUT2D eigenvalue weighted by Gasteiger charge is -2.41. The molecular formula is C18H18N2O2. The van der Waals surface area contributed by atoms with E-state index in [0.717, 1.165) is 22.4 Å². The van der Waals surface area contributed by atoms with E-state index < -0.39 is 0 Å². The number of nitriles is 1. The largest absolute Gasteiger partial charge is 0.497 e. The van der Waals surface area contributed by atoms with Crippen molar-refractivity contribution in [2.24, 2.45) is 0 Å². The fraction of sp³-hybridized carbons (Fsp3) is 0.278. The Morgan fingerprint density at radius 1 is 1.09 bits per heavy atom. The number of aliphatic hydroxyl groups is 1. The molecular weight excluding hydrogens is 276 g/mol. The lowest BCUT2D eigenvalue weighted by atomic mass is 9.78. The van der Waals surface area contributed by atoms with E-state index in [1.807, 2.05) is 36.4 Å². The van der Waals surface area contributed by atoms with Gasteiger partial charge in [-0.05, 0) is 28.8 Å². The van der Waals surface area contributed by atoms with Gasteiger partial charge in [-0.25, -0.2) is 0 Å². The molecule has 1 aliphatic rings. The zero-order valence-corrected chi connectivity index (χ0v) is 12.4. The highest BCUT2D eigenvalue weighted by atomic mass is 16.5. The minimum absolute atomic E-state index is 0.0310. The fourth-order valence-electron chi connectivity index (χ4n) is 2.94. The topological polar surface area (TPSA) is 65.3 Å². The summed E-state index contributed by atoms with van der Waals surface area (Å²) in [7, 11) is 1.65. The van der Waals surface area contributed by atoms with Crippen LogP contribution in [0.15, 0.2) is 48.5 Å². The second kappa shape index (κ2) is 6.18. The average molecular weight is 294 g/mol. The lowest BCUT2D eigenvalue weighted by molar-refractivity contribution is 0.151. The number of benzene rings is 2. The zero-order chi connectivity index (χ0) is 15.5. The molecule has 4 heteroatoms. The van der Waals surface area contributed by atoms with E-state index in [1.54, 1.807) is 7.11 Å². The molecule has 2 N–H and O–H groups in total. The van der Waals surface area contributed by atoms with Crippen LogP contribution in [-0.4, -0.2) is 30.9 Å². The van der Waals surface area contributed by atoms with Crippen molar-refractivity contribution in [2.75, 3.05) is 13.7 Å². The molecule has 0 spiro atoms. The van der Waals surface area contributed by atoms with Gasteiger partial charge in [0.2, 0.25) is 0 Å². The maximum atomic E-state index is 9.33. The van der Waals surface area contributed by atoms with E-state index in [9.17, 15) is 5.11 Å². The van der Waals surface area contributed by atoms with Crippen LogP contribution in [0.1, 0.15) is 11.5 Å². The monoisotopic (exact) mass is 294 g/mol. The Kier molecular flexibility index (Phi) is 4.10. The highest BCUT2D eigenvalue weighted by Crippen LogP contribution is 2.33. The summed E-state index contributed by atoms with van der Waals surface area (Å²) in [5.74, 6) is 0.892. The van der Waals surface area contributed by atoms with Crippen LogP contribution in [0, 0.1) is 11.3 Å². The molecule has 1 heterocycles. The van der Waals surface area contributed by atoms with Crippen molar-refractivity contribution >= 4 is 0 Å². The summed E-state index contributed by atoms with van der Waals surface area (Å²) in [5.41, 5.74) is 3.32. The molecule has 3 rings (SSSR count). The Bertz CT molecular complexity index is 674. The molecule has 0 unspecified atom stereocenters. The minimum Gasteiger partial charge on any atom is -0.497 e. The number of aliphatic hydroxyl groups excluding tert-OH is 1. The van der Waals surface area contributed by atoms with Gasteiger partial charge in [0.05, 0.1) is 19.8 Å². The quantitative estimate of drug-likeness (QED) is 0.908. The van der Waals surface area contributed by atoms with E-state index in [4.69, 9.17) is 10.00 Å². The summed E-state index contributed by atoms with van der Waals surface area (Å²) in [5, 5.41) is 21.5. The molecule has 0 bridgehead atoms. The van der Waals surface area contributed by atoms with Crippen LogP contribution >= 0.6 is 0 Å². The van der Waals surface area contributed by atoms with Gasteiger partial charge in [-0.1, -0.05) is 36.4 Å². The van der Waals surface area contributed by atoms with Crippen LogP contribution in [0.3, 0.4) is 0 Å². The molecule has 1 saturated heterocycles. The van der Waals surface area contributed by atoms with Crippen LogP contribution < -0.4 is 10.1 Å². The van der Waals surface area contributed by atoms with E-state index in [-0.39, 0.29) is 24.6 Å². The first-order valence-corrected chi connectivity index (χ1v) is 7.27. The molecule has 0 radical (unpaired) electrons. The zero-order valence-electron chi connectivity index (χ0n) is 12.4. The molecule has 0 saturated carbocycles. The molecule has 112 valence electrons. The molecule has 1 fully saturated rings. The summed E-state index contributed by atoms with van der Waals surface area (Å²) in [6.45, 7) is 0.0447. The molecule has 0 aliphatic carbocycles. The van der Waals surface area contributed by atoms with Crippen molar-refractivity contribution in [1.82, 2.24) is 5.32 Å². The molecule has 3 atom stereocenters. The van der Waals surface area contributed by atoms with Crippen LogP contribution in [0.5, 0.6) is 5.75 Å². The fourth-order valence-corrected chi connectivity index (χ4v) is 2.94. The SMILES string of the molecule is COc1ccc(-c2ccc([C@@H]3[C@@H](C#N)N[C@@H]3CO)cc2)cc1. The van der Waals surface area contributed by atoms with Crippen LogP contribution in [0.25, 0.3) is 11.1 Å². The van der Waals surface area contributed by atoms with Crippen molar-refractivity contribution in [3.8, 4) is 22.9 Å². The molecule has 2 aromatic rings. The Morgan fingerprint density at radius 2 is 1.68 bits per heavy atom. The van der Waals surface area contributed by atoms with Gasteiger partial charge in [0.1, 0.15) is 11.8 Å². The predicted octanol–water partition coefficient (Wildman–Crippen LogP) is 2.30. The number of nitrogens with one attached hydrogen (secondary N) is 1. The second-order valence-electron chi connectivity index (χ2n) is 5.44. The maximum absolute atomic E-state index is 9.33. The molecule has 2 aromatic carbocycles. The molecule has 1 aliphatic heterocycles. The van der Waals surface area contributed by atoms with Gasteiger partial charge >= 0.3 is 0 Å². The molecule has 0 amide bonds.